The van der Waals surface area contributed by atoms with Gasteiger partial charge < -0.3 is 9.30 Å². The zero-order valence-electron chi connectivity index (χ0n) is 13.0. The molecular weight excluding hydrogens is 350 g/mol. The van der Waals surface area contributed by atoms with Gasteiger partial charge in [-0.05, 0) is 29.8 Å². The van der Waals surface area contributed by atoms with E-state index in [9.17, 15) is 4.39 Å². The van der Waals surface area contributed by atoms with E-state index in [2.05, 4.69) is 16.5 Å². The molecule has 3 heterocycles. The van der Waals surface area contributed by atoms with Gasteiger partial charge in [-0.1, -0.05) is 36.2 Å². The summed E-state index contributed by atoms with van der Waals surface area (Å²) in [5.41, 5.74) is 2.55. The zero-order chi connectivity index (χ0) is 16.9. The maximum atomic E-state index is 13.9. The third-order valence-corrected chi connectivity index (χ3v) is 4.89. The summed E-state index contributed by atoms with van der Waals surface area (Å²) in [4.78, 5) is 4.47. The van der Waals surface area contributed by atoms with E-state index >= 15 is 0 Å². The number of hydrogen-bond donors (Lipinski definition) is 0. The van der Waals surface area contributed by atoms with Crippen molar-refractivity contribution in [2.45, 2.75) is 13.5 Å². The van der Waals surface area contributed by atoms with E-state index in [0.29, 0.717) is 5.15 Å². The average molecular weight is 365 g/mol. The van der Waals surface area contributed by atoms with E-state index in [1.54, 1.807) is 12.1 Å². The normalized spacial score (nSPS) is 16.3. The summed E-state index contributed by atoms with van der Waals surface area (Å²) in [5, 5.41) is 1.48. The van der Waals surface area contributed by atoms with Gasteiger partial charge in [0.15, 0.2) is 0 Å². The van der Waals surface area contributed by atoms with Crippen LogP contribution in [-0.2, 0) is 11.3 Å². The summed E-state index contributed by atoms with van der Waals surface area (Å²) in [7, 11) is 0. The highest BCUT2D eigenvalue weighted by molar-refractivity contribution is 6.31. The van der Waals surface area contributed by atoms with Crippen LogP contribution in [0.15, 0.2) is 36.5 Å². The van der Waals surface area contributed by atoms with Crippen LogP contribution in [0.2, 0.25) is 10.2 Å². The van der Waals surface area contributed by atoms with Gasteiger partial charge in [0.2, 0.25) is 0 Å². The molecular formula is C18H15Cl2FN2O. The maximum Gasteiger partial charge on any atom is 0.142 e. The zero-order valence-corrected chi connectivity index (χ0v) is 14.5. The minimum Gasteiger partial charge on any atom is -0.380 e. The van der Waals surface area contributed by atoms with Gasteiger partial charge in [0.1, 0.15) is 16.6 Å². The van der Waals surface area contributed by atoms with E-state index in [1.165, 1.54) is 6.07 Å². The van der Waals surface area contributed by atoms with Crippen molar-refractivity contribution in [2.24, 2.45) is 5.41 Å². The van der Waals surface area contributed by atoms with Crippen molar-refractivity contribution in [1.29, 1.82) is 0 Å². The Morgan fingerprint density at radius 2 is 2.04 bits per heavy atom. The van der Waals surface area contributed by atoms with Gasteiger partial charge in [0.25, 0.3) is 0 Å². The number of benzene rings is 1. The predicted octanol–water partition coefficient (Wildman–Crippen LogP) is 5.19. The molecule has 1 aliphatic heterocycles. The molecule has 1 fully saturated rings. The fourth-order valence-electron chi connectivity index (χ4n) is 3.11. The van der Waals surface area contributed by atoms with E-state index in [1.807, 2.05) is 18.3 Å². The first-order valence-electron chi connectivity index (χ1n) is 7.64. The van der Waals surface area contributed by atoms with E-state index in [0.717, 1.165) is 41.9 Å². The van der Waals surface area contributed by atoms with Crippen molar-refractivity contribution in [3.05, 3.63) is 52.5 Å². The van der Waals surface area contributed by atoms with Gasteiger partial charge in [-0.3, -0.25) is 0 Å². The summed E-state index contributed by atoms with van der Waals surface area (Å²) in [6.45, 7) is 4.39. The third-order valence-electron chi connectivity index (χ3n) is 4.37. The van der Waals surface area contributed by atoms with Crippen molar-refractivity contribution in [3.8, 4) is 11.1 Å². The molecule has 0 radical (unpaired) electrons. The van der Waals surface area contributed by atoms with E-state index < -0.39 is 5.82 Å². The molecule has 24 heavy (non-hydrogen) atoms. The fourth-order valence-corrected chi connectivity index (χ4v) is 3.37. The molecule has 4 rings (SSSR count). The number of hydrogen-bond acceptors (Lipinski definition) is 2. The number of pyridine rings is 1. The quantitative estimate of drug-likeness (QED) is 0.598. The molecule has 0 saturated carbocycles. The van der Waals surface area contributed by atoms with Crippen LogP contribution in [0.5, 0.6) is 0 Å². The molecule has 2 aromatic heterocycles. The summed E-state index contributed by atoms with van der Waals surface area (Å²) in [6, 6.07) is 8.50. The first kappa shape index (κ1) is 15.9. The fraction of sp³-hybridized carbons (Fsp3) is 0.278. The number of ether oxygens (including phenoxy) is 1. The molecule has 1 aliphatic rings. The molecule has 0 unspecified atom stereocenters. The average Bonchev–Trinajstić information content (AvgIpc) is 2.86. The predicted molar refractivity (Wildman–Crippen MR) is 94.1 cm³/mol. The second-order valence-electron chi connectivity index (χ2n) is 6.61. The highest BCUT2D eigenvalue weighted by atomic mass is 35.5. The lowest BCUT2D eigenvalue weighted by Crippen LogP contribution is -2.43. The third kappa shape index (κ3) is 2.69. The van der Waals surface area contributed by atoms with Crippen LogP contribution in [0, 0.1) is 11.2 Å². The van der Waals surface area contributed by atoms with Crippen LogP contribution in [0.3, 0.4) is 0 Å². The minimum atomic E-state index is -0.434. The topological polar surface area (TPSA) is 27.1 Å². The molecule has 3 aromatic rings. The smallest absolute Gasteiger partial charge is 0.142 e. The summed E-state index contributed by atoms with van der Waals surface area (Å²) < 4.78 is 21.3. The minimum absolute atomic E-state index is 0.0818. The van der Waals surface area contributed by atoms with Crippen molar-refractivity contribution >= 4 is 34.2 Å². The number of fused-ring (bicyclic) bond motifs is 1. The first-order chi connectivity index (χ1) is 11.5. The molecule has 3 nitrogen and oxygen atoms in total. The Kier molecular flexibility index (Phi) is 3.79. The van der Waals surface area contributed by atoms with Crippen LogP contribution < -0.4 is 0 Å². The summed E-state index contributed by atoms with van der Waals surface area (Å²) in [5.74, 6) is -0.434. The molecule has 1 saturated heterocycles. The van der Waals surface area contributed by atoms with Gasteiger partial charge >= 0.3 is 0 Å². The highest BCUT2D eigenvalue weighted by Crippen LogP contribution is 2.35. The Bertz CT molecular complexity index is 934. The standard InChI is InChI=1S/C18H15Cl2FN2O/c1-18(9-24-10-18)8-23-7-13(11-2-4-14(19)15(21)6-11)12-3-5-16(20)22-17(12)23/h2-7H,8-10H2,1H3. The van der Waals surface area contributed by atoms with Gasteiger partial charge in [-0.2, -0.15) is 0 Å². The summed E-state index contributed by atoms with van der Waals surface area (Å²) >= 11 is 11.9. The molecule has 6 heteroatoms. The van der Waals surface area contributed by atoms with E-state index in [-0.39, 0.29) is 10.4 Å². The molecule has 124 valence electrons. The molecule has 0 spiro atoms. The molecule has 0 atom stereocenters. The lowest BCUT2D eigenvalue weighted by Gasteiger charge is -2.38. The molecule has 0 N–H and O–H groups in total. The molecule has 0 aliphatic carbocycles. The van der Waals surface area contributed by atoms with Crippen molar-refractivity contribution < 1.29 is 9.13 Å². The monoisotopic (exact) mass is 364 g/mol. The Hall–Kier alpha value is -1.62. The van der Waals surface area contributed by atoms with Crippen LogP contribution in [-0.4, -0.2) is 22.8 Å². The van der Waals surface area contributed by atoms with Crippen LogP contribution >= 0.6 is 23.2 Å². The number of halogens is 3. The van der Waals surface area contributed by atoms with Crippen LogP contribution in [0.25, 0.3) is 22.2 Å². The second kappa shape index (κ2) is 5.73. The first-order valence-corrected chi connectivity index (χ1v) is 8.39. The van der Waals surface area contributed by atoms with Gasteiger partial charge in [-0.15, -0.1) is 0 Å². The molecule has 0 amide bonds. The summed E-state index contributed by atoms with van der Waals surface area (Å²) in [6.07, 6.45) is 2.00. The van der Waals surface area contributed by atoms with Crippen LogP contribution in [0.4, 0.5) is 4.39 Å². The number of rotatable bonds is 3. The second-order valence-corrected chi connectivity index (χ2v) is 7.40. The SMILES string of the molecule is CC1(Cn2cc(-c3ccc(Cl)c(F)c3)c3ccc(Cl)nc32)COC1. The Labute approximate surface area is 149 Å². The van der Waals surface area contributed by atoms with Crippen molar-refractivity contribution in [2.75, 3.05) is 13.2 Å². The maximum absolute atomic E-state index is 13.9. The molecule has 0 bridgehead atoms. The molecule has 1 aromatic carbocycles. The van der Waals surface area contributed by atoms with Gasteiger partial charge in [0.05, 0.1) is 18.2 Å². The largest absolute Gasteiger partial charge is 0.380 e. The van der Waals surface area contributed by atoms with Crippen molar-refractivity contribution in [1.82, 2.24) is 9.55 Å². The number of aromatic nitrogens is 2. The Morgan fingerprint density at radius 3 is 2.71 bits per heavy atom. The highest BCUT2D eigenvalue weighted by Gasteiger charge is 2.34. The Morgan fingerprint density at radius 1 is 1.25 bits per heavy atom. The van der Waals surface area contributed by atoms with Crippen molar-refractivity contribution in [3.63, 3.8) is 0 Å². The van der Waals surface area contributed by atoms with Gasteiger partial charge in [0, 0.05) is 29.1 Å². The van der Waals surface area contributed by atoms with Gasteiger partial charge in [-0.25, -0.2) is 9.37 Å². The lowest BCUT2D eigenvalue weighted by atomic mass is 9.89. The van der Waals surface area contributed by atoms with Crippen LogP contribution in [0.1, 0.15) is 6.92 Å². The van der Waals surface area contributed by atoms with E-state index in [4.69, 9.17) is 27.9 Å². The lowest BCUT2D eigenvalue weighted by molar-refractivity contribution is -0.109. The Balaban J connectivity index is 1.87. The number of nitrogens with zero attached hydrogens (tertiary/aromatic N) is 2.